The Morgan fingerprint density at radius 3 is 2.70 bits per heavy atom. The second-order valence-corrected chi connectivity index (χ2v) is 8.00. The van der Waals surface area contributed by atoms with Crippen LogP contribution in [0.15, 0.2) is 52.0 Å². The van der Waals surface area contributed by atoms with E-state index in [0.717, 1.165) is 18.4 Å². The van der Waals surface area contributed by atoms with Gasteiger partial charge in [0, 0.05) is 23.9 Å². The highest BCUT2D eigenvalue weighted by molar-refractivity contribution is 5.90. The average molecular weight is 505 g/mol. The molecule has 10 nitrogen and oxygen atoms in total. The van der Waals surface area contributed by atoms with E-state index in [9.17, 15) is 14.9 Å². The largest absolute Gasteiger partial charge is 0.467 e. The molecule has 0 aliphatic heterocycles. The number of carbonyl (C=O) groups excluding carboxylic acids is 2. The van der Waals surface area contributed by atoms with Crippen molar-refractivity contribution in [3.63, 3.8) is 0 Å². The van der Waals surface area contributed by atoms with Gasteiger partial charge in [0.25, 0.3) is 5.91 Å². The third-order valence-corrected chi connectivity index (χ3v) is 5.09. The van der Waals surface area contributed by atoms with Gasteiger partial charge in [0.2, 0.25) is 5.88 Å². The van der Waals surface area contributed by atoms with Gasteiger partial charge in [-0.1, -0.05) is 25.5 Å². The van der Waals surface area contributed by atoms with E-state index < -0.39 is 5.91 Å². The molecule has 0 unspecified atom stereocenters. The van der Waals surface area contributed by atoms with Gasteiger partial charge in [-0.2, -0.15) is 10.4 Å². The summed E-state index contributed by atoms with van der Waals surface area (Å²) in [6.45, 7) is 4.03. The van der Waals surface area contributed by atoms with Gasteiger partial charge >= 0.3 is 5.97 Å². The number of carbonyl (C=O) groups is 2. The molecule has 0 saturated heterocycles. The Morgan fingerprint density at radius 2 is 2.00 bits per heavy atom. The van der Waals surface area contributed by atoms with Crippen molar-refractivity contribution in [1.82, 2.24) is 10.4 Å². The molecule has 1 N–H and O–H groups in total. The number of esters is 1. The van der Waals surface area contributed by atoms with Crippen LogP contribution in [0.2, 0.25) is 0 Å². The molecule has 1 amide bonds. The van der Waals surface area contributed by atoms with Gasteiger partial charge in [-0.3, -0.25) is 4.79 Å². The Hall–Kier alpha value is -4.49. The van der Waals surface area contributed by atoms with E-state index in [1.807, 2.05) is 13.0 Å². The van der Waals surface area contributed by atoms with E-state index in [-0.39, 0.29) is 30.6 Å². The highest BCUT2D eigenvalue weighted by Crippen LogP contribution is 2.23. The summed E-state index contributed by atoms with van der Waals surface area (Å²) in [6, 6.07) is 14.1. The van der Waals surface area contributed by atoms with Crippen LogP contribution in [0.3, 0.4) is 0 Å². The normalized spacial score (nSPS) is 10.8. The Kier molecular flexibility index (Phi) is 9.93. The predicted octanol–water partition coefficient (Wildman–Crippen LogP) is 4.15. The van der Waals surface area contributed by atoms with Crippen molar-refractivity contribution in [3.05, 3.63) is 70.6 Å². The van der Waals surface area contributed by atoms with Crippen molar-refractivity contribution in [1.29, 1.82) is 5.26 Å². The van der Waals surface area contributed by atoms with Crippen molar-refractivity contribution in [2.75, 3.05) is 20.3 Å². The van der Waals surface area contributed by atoms with Crippen molar-refractivity contribution in [2.24, 2.45) is 5.10 Å². The first kappa shape index (κ1) is 27.1. The first-order chi connectivity index (χ1) is 17.9. The van der Waals surface area contributed by atoms with E-state index in [1.54, 1.807) is 49.4 Å². The number of rotatable bonds is 12. The summed E-state index contributed by atoms with van der Waals surface area (Å²) in [5.41, 5.74) is 5.06. The van der Waals surface area contributed by atoms with Gasteiger partial charge in [0.1, 0.15) is 23.2 Å². The molecule has 1 aromatic carbocycles. The molecule has 0 aliphatic rings. The summed E-state index contributed by atoms with van der Waals surface area (Å²) in [7, 11) is 1.52. The van der Waals surface area contributed by atoms with Crippen LogP contribution in [-0.4, -0.2) is 43.4 Å². The molecule has 3 aromatic rings. The lowest BCUT2D eigenvalue weighted by molar-refractivity contribution is -0.123. The summed E-state index contributed by atoms with van der Waals surface area (Å²) in [5, 5.41) is 13.3. The molecule has 0 spiro atoms. The molecular weight excluding hydrogens is 476 g/mol. The predicted molar refractivity (Wildman–Crippen MR) is 135 cm³/mol. The van der Waals surface area contributed by atoms with Crippen LogP contribution < -0.4 is 10.2 Å². The van der Waals surface area contributed by atoms with Crippen LogP contribution in [0.4, 0.5) is 0 Å². The molecule has 10 heteroatoms. The molecule has 2 aromatic heterocycles. The van der Waals surface area contributed by atoms with Gasteiger partial charge in [0.15, 0.2) is 6.61 Å². The first-order valence-electron chi connectivity index (χ1n) is 11.7. The molecular formula is C27H28N4O6. The fourth-order valence-corrected chi connectivity index (χ4v) is 3.28. The number of aryl methyl sites for hydroxylation is 1. The lowest BCUT2D eigenvalue weighted by Crippen LogP contribution is -2.25. The summed E-state index contributed by atoms with van der Waals surface area (Å²) < 4.78 is 21.5. The number of amides is 1. The monoisotopic (exact) mass is 504 g/mol. The zero-order chi connectivity index (χ0) is 26.6. The molecule has 3 rings (SSSR count). The maximum Gasteiger partial charge on any atom is 0.338 e. The quantitative estimate of drug-likeness (QED) is 0.168. The van der Waals surface area contributed by atoms with Crippen LogP contribution >= 0.6 is 0 Å². The molecule has 0 aliphatic carbocycles. The Morgan fingerprint density at radius 1 is 1.22 bits per heavy atom. The number of methoxy groups -OCH3 is 1. The Labute approximate surface area is 214 Å². The summed E-state index contributed by atoms with van der Waals surface area (Å²) in [4.78, 5) is 28.4. The van der Waals surface area contributed by atoms with Crippen LogP contribution in [0.25, 0.3) is 11.3 Å². The number of nitrogens with one attached hydrogen (secondary N) is 1. The van der Waals surface area contributed by atoms with E-state index in [4.69, 9.17) is 18.6 Å². The molecule has 192 valence electrons. The number of hydrogen-bond acceptors (Lipinski definition) is 9. The zero-order valence-electron chi connectivity index (χ0n) is 20.9. The van der Waals surface area contributed by atoms with E-state index in [0.29, 0.717) is 34.9 Å². The van der Waals surface area contributed by atoms with Gasteiger partial charge in [0.05, 0.1) is 25.0 Å². The average Bonchev–Trinajstić information content (AvgIpc) is 3.36. The number of furan rings is 1. The highest BCUT2D eigenvalue weighted by atomic mass is 16.5. The number of nitriles is 1. The SMILES string of the molecule is CCCCOC(=O)c1ccc(-c2ccc(/C=N\NC(=O)COc3nc(C)cc(COC)c3C#N)o2)cc1. The molecule has 0 radical (unpaired) electrons. The maximum absolute atomic E-state index is 12.1. The van der Waals surface area contributed by atoms with Crippen molar-refractivity contribution in [3.8, 4) is 23.3 Å². The number of hydrazone groups is 1. The number of ether oxygens (including phenoxy) is 3. The molecule has 0 fully saturated rings. The second-order valence-electron chi connectivity index (χ2n) is 8.00. The Bertz CT molecular complexity index is 1290. The van der Waals surface area contributed by atoms with Gasteiger partial charge in [-0.15, -0.1) is 0 Å². The Balaban J connectivity index is 1.53. The zero-order valence-corrected chi connectivity index (χ0v) is 20.9. The number of hydrogen-bond donors (Lipinski definition) is 1. The van der Waals surface area contributed by atoms with Crippen molar-refractivity contribution < 1.29 is 28.2 Å². The van der Waals surface area contributed by atoms with Gasteiger partial charge in [-0.05, 0) is 43.7 Å². The number of aromatic nitrogens is 1. The van der Waals surface area contributed by atoms with E-state index >= 15 is 0 Å². The summed E-state index contributed by atoms with van der Waals surface area (Å²) in [6.07, 6.45) is 3.14. The first-order valence-corrected chi connectivity index (χ1v) is 11.7. The van der Waals surface area contributed by atoms with Crippen LogP contribution in [-0.2, 0) is 20.9 Å². The maximum atomic E-state index is 12.1. The molecule has 37 heavy (non-hydrogen) atoms. The highest BCUT2D eigenvalue weighted by Gasteiger charge is 2.14. The van der Waals surface area contributed by atoms with Crippen LogP contribution in [0.1, 0.15) is 52.7 Å². The lowest BCUT2D eigenvalue weighted by atomic mass is 10.1. The minimum atomic E-state index is -0.537. The van der Waals surface area contributed by atoms with Crippen LogP contribution in [0.5, 0.6) is 5.88 Å². The molecule has 0 bridgehead atoms. The fourth-order valence-electron chi connectivity index (χ4n) is 3.28. The number of nitrogens with zero attached hydrogens (tertiary/aromatic N) is 3. The third kappa shape index (κ3) is 7.75. The van der Waals surface area contributed by atoms with Gasteiger partial charge < -0.3 is 18.6 Å². The number of unbranched alkanes of at least 4 members (excludes halogenated alkanes) is 1. The van der Waals surface area contributed by atoms with Crippen molar-refractivity contribution >= 4 is 18.1 Å². The number of pyridine rings is 1. The van der Waals surface area contributed by atoms with Crippen molar-refractivity contribution in [2.45, 2.75) is 33.3 Å². The summed E-state index contributed by atoms with van der Waals surface area (Å²) in [5.74, 6) is 0.151. The lowest BCUT2D eigenvalue weighted by Gasteiger charge is -2.10. The second kappa shape index (κ2) is 13.6. The topological polar surface area (TPSA) is 136 Å². The van der Waals surface area contributed by atoms with Gasteiger partial charge in [-0.25, -0.2) is 15.2 Å². The smallest absolute Gasteiger partial charge is 0.338 e. The standard InChI is InChI=1S/C27H28N4O6/c1-4-5-12-35-27(33)20-8-6-19(7-9-20)24-11-10-22(37-24)15-29-31-25(32)17-36-26-23(14-28)21(16-34-3)13-18(2)30-26/h6-11,13,15H,4-5,12,16-17H2,1-3H3,(H,31,32)/b29-15-. The van der Waals surface area contributed by atoms with Crippen LogP contribution in [0, 0.1) is 18.3 Å². The minimum Gasteiger partial charge on any atom is -0.467 e. The minimum absolute atomic E-state index is 0.0598. The molecule has 2 heterocycles. The molecule has 0 saturated carbocycles. The van der Waals surface area contributed by atoms with E-state index in [1.165, 1.54) is 13.3 Å². The fraction of sp³-hybridized carbons (Fsp3) is 0.296. The summed E-state index contributed by atoms with van der Waals surface area (Å²) >= 11 is 0. The third-order valence-electron chi connectivity index (χ3n) is 5.09. The number of benzene rings is 1. The van der Waals surface area contributed by atoms with E-state index in [2.05, 4.69) is 15.5 Å². The molecule has 0 atom stereocenters.